The van der Waals surface area contributed by atoms with Crippen molar-refractivity contribution in [1.82, 2.24) is 0 Å². The number of phenols is 1. The molecule has 0 aromatic heterocycles. The van der Waals surface area contributed by atoms with Gasteiger partial charge in [-0.1, -0.05) is 30.3 Å². The van der Waals surface area contributed by atoms with Gasteiger partial charge in [-0.25, -0.2) is 4.39 Å². The lowest BCUT2D eigenvalue weighted by molar-refractivity contribution is -0.0259. The molecule has 0 saturated heterocycles. The monoisotopic (exact) mass is 382 g/mol. The highest BCUT2D eigenvalue weighted by molar-refractivity contribution is 5.36. The van der Waals surface area contributed by atoms with E-state index in [9.17, 15) is 9.50 Å². The van der Waals surface area contributed by atoms with Crippen LogP contribution < -0.4 is 9.47 Å². The van der Waals surface area contributed by atoms with Gasteiger partial charge < -0.3 is 19.3 Å². The molecule has 0 aliphatic carbocycles. The first-order chi connectivity index (χ1) is 13.6. The molecule has 3 rings (SSSR count). The van der Waals surface area contributed by atoms with Gasteiger partial charge >= 0.3 is 0 Å². The molecule has 2 unspecified atom stereocenters. The van der Waals surface area contributed by atoms with Crippen LogP contribution in [0.2, 0.25) is 0 Å². The van der Waals surface area contributed by atoms with Gasteiger partial charge in [-0.3, -0.25) is 0 Å². The Morgan fingerprint density at radius 2 is 1.64 bits per heavy atom. The molecule has 5 heteroatoms. The first-order valence-corrected chi connectivity index (χ1v) is 9.01. The first-order valence-electron chi connectivity index (χ1n) is 9.01. The van der Waals surface area contributed by atoms with E-state index in [4.69, 9.17) is 14.2 Å². The minimum absolute atomic E-state index is 0.166. The molecule has 0 heterocycles. The van der Waals surface area contributed by atoms with Crippen LogP contribution in [-0.2, 0) is 11.3 Å². The van der Waals surface area contributed by atoms with E-state index < -0.39 is 18.0 Å². The summed E-state index contributed by atoms with van der Waals surface area (Å²) in [5, 5.41) is 10.2. The Hall–Kier alpha value is -3.05. The van der Waals surface area contributed by atoms with Gasteiger partial charge in [0.1, 0.15) is 23.1 Å². The standard InChI is InChI=1S/C23H23FO4/c1-16(27-15-17-8-11-19(26-2)12-9-17)23(28-20-6-4-3-5-7-20)21-13-10-18(24)14-22(21)25/h3-14,16,23,25H,15H2,1-2H3. The molecule has 0 fully saturated rings. The molecule has 3 aromatic carbocycles. The molecular weight excluding hydrogens is 359 g/mol. The molecule has 3 aromatic rings. The maximum Gasteiger partial charge on any atom is 0.153 e. The Labute approximate surface area is 164 Å². The minimum atomic E-state index is -0.610. The van der Waals surface area contributed by atoms with Gasteiger partial charge in [-0.05, 0) is 48.9 Å². The number of ether oxygens (including phenoxy) is 3. The summed E-state index contributed by atoms with van der Waals surface area (Å²) in [6, 6.07) is 20.7. The predicted octanol–water partition coefficient (Wildman–Crippen LogP) is 5.27. The van der Waals surface area contributed by atoms with Crippen LogP contribution in [0.5, 0.6) is 17.2 Å². The lowest BCUT2D eigenvalue weighted by Gasteiger charge is -2.26. The van der Waals surface area contributed by atoms with Crippen molar-refractivity contribution in [3.63, 3.8) is 0 Å². The topological polar surface area (TPSA) is 47.9 Å². The highest BCUT2D eigenvalue weighted by Crippen LogP contribution is 2.33. The number of hydrogen-bond acceptors (Lipinski definition) is 4. The summed E-state index contributed by atoms with van der Waals surface area (Å²) in [5.74, 6) is 0.738. The largest absolute Gasteiger partial charge is 0.507 e. The second-order valence-electron chi connectivity index (χ2n) is 6.42. The van der Waals surface area contributed by atoms with E-state index in [2.05, 4.69) is 0 Å². The third-order valence-corrected chi connectivity index (χ3v) is 4.40. The maximum absolute atomic E-state index is 13.4. The zero-order valence-corrected chi connectivity index (χ0v) is 15.8. The summed E-state index contributed by atoms with van der Waals surface area (Å²) >= 11 is 0. The lowest BCUT2D eigenvalue weighted by atomic mass is 10.0. The Morgan fingerprint density at radius 1 is 0.929 bits per heavy atom. The van der Waals surface area contributed by atoms with Gasteiger partial charge in [0, 0.05) is 11.6 Å². The third-order valence-electron chi connectivity index (χ3n) is 4.40. The molecule has 2 atom stereocenters. The van der Waals surface area contributed by atoms with Crippen LogP contribution >= 0.6 is 0 Å². The van der Waals surface area contributed by atoms with Crippen LogP contribution in [0.4, 0.5) is 4.39 Å². The van der Waals surface area contributed by atoms with Crippen LogP contribution in [-0.4, -0.2) is 18.3 Å². The molecular formula is C23H23FO4. The fraction of sp³-hybridized carbons (Fsp3) is 0.217. The summed E-state index contributed by atoms with van der Waals surface area (Å²) in [6.45, 7) is 2.22. The Morgan fingerprint density at radius 3 is 2.29 bits per heavy atom. The van der Waals surface area contributed by atoms with Gasteiger partial charge in [0.05, 0.1) is 19.8 Å². The second kappa shape index (κ2) is 9.24. The maximum atomic E-state index is 13.4. The van der Waals surface area contributed by atoms with Gasteiger partial charge in [0.25, 0.3) is 0 Å². The second-order valence-corrected chi connectivity index (χ2v) is 6.42. The molecule has 0 radical (unpaired) electrons. The molecule has 1 N–H and O–H groups in total. The first kappa shape index (κ1) is 19.7. The lowest BCUT2D eigenvalue weighted by Crippen LogP contribution is -2.24. The van der Waals surface area contributed by atoms with E-state index >= 15 is 0 Å². The van der Waals surface area contributed by atoms with Gasteiger partial charge in [-0.2, -0.15) is 0 Å². The molecule has 0 bridgehead atoms. The van der Waals surface area contributed by atoms with E-state index in [1.165, 1.54) is 12.1 Å². The average Bonchev–Trinajstić information content (AvgIpc) is 2.72. The Bertz CT molecular complexity index is 881. The molecule has 146 valence electrons. The zero-order chi connectivity index (χ0) is 19.9. The summed E-state index contributed by atoms with van der Waals surface area (Å²) < 4.78 is 30.7. The van der Waals surface area contributed by atoms with Crippen LogP contribution in [0.25, 0.3) is 0 Å². The Kier molecular flexibility index (Phi) is 6.50. The number of phenolic OH excluding ortho intramolecular Hbond substituents is 1. The summed E-state index contributed by atoms with van der Waals surface area (Å²) in [6.07, 6.45) is -1.01. The van der Waals surface area contributed by atoms with Crippen molar-refractivity contribution in [3.05, 3.63) is 89.7 Å². The fourth-order valence-corrected chi connectivity index (χ4v) is 2.85. The normalized spacial score (nSPS) is 13.0. The molecule has 28 heavy (non-hydrogen) atoms. The van der Waals surface area contributed by atoms with Crippen molar-refractivity contribution in [3.8, 4) is 17.2 Å². The number of aromatic hydroxyl groups is 1. The van der Waals surface area contributed by atoms with E-state index in [1.807, 2.05) is 61.5 Å². The van der Waals surface area contributed by atoms with Gasteiger partial charge in [-0.15, -0.1) is 0 Å². The van der Waals surface area contributed by atoms with Crippen molar-refractivity contribution in [2.75, 3.05) is 7.11 Å². The number of methoxy groups -OCH3 is 1. The number of benzene rings is 3. The smallest absolute Gasteiger partial charge is 0.153 e. The summed E-state index contributed by atoms with van der Waals surface area (Å²) in [5.41, 5.74) is 1.45. The highest BCUT2D eigenvalue weighted by Gasteiger charge is 2.25. The molecule has 0 amide bonds. The molecule has 0 aliphatic heterocycles. The quantitative estimate of drug-likeness (QED) is 0.577. The van der Waals surface area contributed by atoms with E-state index in [0.717, 1.165) is 17.4 Å². The van der Waals surface area contributed by atoms with Crippen molar-refractivity contribution in [2.45, 2.75) is 25.7 Å². The minimum Gasteiger partial charge on any atom is -0.507 e. The summed E-state index contributed by atoms with van der Waals surface area (Å²) in [7, 11) is 1.62. The van der Waals surface area contributed by atoms with Crippen molar-refractivity contribution in [1.29, 1.82) is 0 Å². The third kappa shape index (κ3) is 5.02. The molecule has 0 aliphatic rings. The SMILES string of the molecule is COc1ccc(COC(C)C(Oc2ccccc2)c2ccc(F)cc2O)cc1. The van der Waals surface area contributed by atoms with Gasteiger partial charge in [0.2, 0.25) is 0 Å². The number of halogens is 1. The number of para-hydroxylation sites is 1. The van der Waals surface area contributed by atoms with Crippen LogP contribution in [0.3, 0.4) is 0 Å². The van der Waals surface area contributed by atoms with Crippen LogP contribution in [0.1, 0.15) is 24.2 Å². The van der Waals surface area contributed by atoms with E-state index in [0.29, 0.717) is 17.9 Å². The average molecular weight is 382 g/mol. The van der Waals surface area contributed by atoms with Crippen molar-refractivity contribution >= 4 is 0 Å². The number of rotatable bonds is 8. The number of hydrogen-bond donors (Lipinski definition) is 1. The van der Waals surface area contributed by atoms with Crippen LogP contribution in [0, 0.1) is 5.82 Å². The Balaban J connectivity index is 1.78. The zero-order valence-electron chi connectivity index (χ0n) is 15.8. The molecule has 0 spiro atoms. The van der Waals surface area contributed by atoms with E-state index in [-0.39, 0.29) is 5.75 Å². The van der Waals surface area contributed by atoms with Gasteiger partial charge in [0.15, 0.2) is 6.10 Å². The molecule has 4 nitrogen and oxygen atoms in total. The van der Waals surface area contributed by atoms with Crippen molar-refractivity contribution < 1.29 is 23.7 Å². The van der Waals surface area contributed by atoms with E-state index in [1.54, 1.807) is 7.11 Å². The summed E-state index contributed by atoms with van der Waals surface area (Å²) in [4.78, 5) is 0. The molecule has 0 saturated carbocycles. The van der Waals surface area contributed by atoms with Crippen LogP contribution in [0.15, 0.2) is 72.8 Å². The predicted molar refractivity (Wildman–Crippen MR) is 105 cm³/mol. The fourth-order valence-electron chi connectivity index (χ4n) is 2.85. The highest BCUT2D eigenvalue weighted by atomic mass is 19.1. The van der Waals surface area contributed by atoms with Crippen molar-refractivity contribution in [2.24, 2.45) is 0 Å².